The maximum absolute atomic E-state index is 12.9. The number of carbonyl (C=O) groups is 1. The predicted octanol–water partition coefficient (Wildman–Crippen LogP) is 4.87. The molecule has 0 fully saturated rings. The maximum atomic E-state index is 12.9. The number of aromatic nitrogens is 2. The summed E-state index contributed by atoms with van der Waals surface area (Å²) < 4.78 is 12.5. The standard InChI is InChI=1S/C27H20N4O3/c28-15-21(27(32)29-23-11-12-24-25(14-23)34-18-33-24)13-22-17-31(16-19-7-3-1-4-8-19)30-26(22)20-9-5-2-6-10-20/h1-14,17H,16,18H2,(H,29,32). The van der Waals surface area contributed by atoms with Crippen LogP contribution < -0.4 is 14.8 Å². The van der Waals surface area contributed by atoms with E-state index in [1.54, 1.807) is 24.3 Å². The Hall–Kier alpha value is -4.83. The van der Waals surface area contributed by atoms with Gasteiger partial charge in [-0.2, -0.15) is 10.4 Å². The molecule has 4 aromatic rings. The molecule has 1 aromatic heterocycles. The predicted molar refractivity (Wildman–Crippen MR) is 128 cm³/mol. The molecular formula is C27H20N4O3. The van der Waals surface area contributed by atoms with Crippen molar-refractivity contribution in [1.29, 1.82) is 5.26 Å². The summed E-state index contributed by atoms with van der Waals surface area (Å²) in [5, 5.41) is 17.2. The summed E-state index contributed by atoms with van der Waals surface area (Å²) >= 11 is 0. The summed E-state index contributed by atoms with van der Waals surface area (Å²) in [4.78, 5) is 12.9. The van der Waals surface area contributed by atoms with Gasteiger partial charge in [0.2, 0.25) is 6.79 Å². The highest BCUT2D eigenvalue weighted by atomic mass is 16.7. The second-order valence-electron chi connectivity index (χ2n) is 7.67. The zero-order valence-corrected chi connectivity index (χ0v) is 18.1. The first-order chi connectivity index (χ1) is 16.7. The summed E-state index contributed by atoms with van der Waals surface area (Å²) in [6.45, 7) is 0.713. The van der Waals surface area contributed by atoms with Crippen molar-refractivity contribution in [1.82, 2.24) is 9.78 Å². The molecule has 0 unspecified atom stereocenters. The average molecular weight is 448 g/mol. The van der Waals surface area contributed by atoms with Gasteiger partial charge in [-0.1, -0.05) is 60.7 Å². The molecule has 7 nitrogen and oxygen atoms in total. The SMILES string of the molecule is N#CC(=Cc1cn(Cc2ccccc2)nc1-c1ccccc1)C(=O)Nc1ccc2c(c1)OCO2. The lowest BCUT2D eigenvalue weighted by Crippen LogP contribution is -2.13. The van der Waals surface area contributed by atoms with Crippen LogP contribution in [0.15, 0.2) is 90.6 Å². The number of carbonyl (C=O) groups excluding carboxylic acids is 1. The third kappa shape index (κ3) is 4.52. The molecule has 2 heterocycles. The van der Waals surface area contributed by atoms with E-state index in [1.807, 2.05) is 77.6 Å². The van der Waals surface area contributed by atoms with Crippen LogP contribution in [0, 0.1) is 11.3 Å². The van der Waals surface area contributed by atoms with Gasteiger partial charge in [-0.05, 0) is 23.8 Å². The number of nitrogens with one attached hydrogen (secondary N) is 1. The zero-order chi connectivity index (χ0) is 23.3. The third-order valence-electron chi connectivity index (χ3n) is 5.32. The molecule has 1 amide bonds. The monoisotopic (exact) mass is 448 g/mol. The third-order valence-corrected chi connectivity index (χ3v) is 5.32. The molecule has 1 aliphatic rings. The van der Waals surface area contributed by atoms with E-state index in [9.17, 15) is 10.1 Å². The van der Waals surface area contributed by atoms with E-state index in [-0.39, 0.29) is 12.4 Å². The second-order valence-corrected chi connectivity index (χ2v) is 7.67. The molecule has 5 rings (SSSR count). The van der Waals surface area contributed by atoms with Crippen molar-refractivity contribution in [3.8, 4) is 28.8 Å². The Balaban J connectivity index is 1.46. The molecule has 7 heteroatoms. The second kappa shape index (κ2) is 9.35. The number of rotatable bonds is 6. The van der Waals surface area contributed by atoms with E-state index in [1.165, 1.54) is 0 Å². The van der Waals surface area contributed by atoms with Gasteiger partial charge in [-0.15, -0.1) is 0 Å². The van der Waals surface area contributed by atoms with Gasteiger partial charge in [0, 0.05) is 29.1 Å². The molecule has 0 spiro atoms. The van der Waals surface area contributed by atoms with Crippen LogP contribution in [0.2, 0.25) is 0 Å². The summed E-state index contributed by atoms with van der Waals surface area (Å²) in [5.74, 6) is 0.650. The van der Waals surface area contributed by atoms with Gasteiger partial charge < -0.3 is 14.8 Å². The molecule has 0 atom stereocenters. The molecular weight excluding hydrogens is 428 g/mol. The fourth-order valence-electron chi connectivity index (χ4n) is 3.69. The molecule has 0 saturated heterocycles. The normalized spacial score (nSPS) is 12.3. The summed E-state index contributed by atoms with van der Waals surface area (Å²) in [6, 6.07) is 26.8. The lowest BCUT2D eigenvalue weighted by Gasteiger charge is -2.05. The topological polar surface area (TPSA) is 89.2 Å². The minimum absolute atomic E-state index is 0.0332. The van der Waals surface area contributed by atoms with Crippen molar-refractivity contribution < 1.29 is 14.3 Å². The van der Waals surface area contributed by atoms with E-state index < -0.39 is 5.91 Å². The van der Waals surface area contributed by atoms with E-state index in [2.05, 4.69) is 5.32 Å². The summed E-state index contributed by atoms with van der Waals surface area (Å²) in [6.07, 6.45) is 3.42. The number of amides is 1. The molecule has 34 heavy (non-hydrogen) atoms. The first kappa shape index (κ1) is 21.0. The van der Waals surface area contributed by atoms with Gasteiger partial charge in [0.1, 0.15) is 11.6 Å². The van der Waals surface area contributed by atoms with Crippen LogP contribution in [0.25, 0.3) is 17.3 Å². The Labute approximate surface area is 196 Å². The van der Waals surface area contributed by atoms with Crippen LogP contribution in [0.5, 0.6) is 11.5 Å². The van der Waals surface area contributed by atoms with Gasteiger partial charge in [0.25, 0.3) is 5.91 Å². The van der Waals surface area contributed by atoms with Crippen molar-refractivity contribution in [3.05, 3.63) is 102 Å². The Morgan fingerprint density at radius 2 is 1.76 bits per heavy atom. The van der Waals surface area contributed by atoms with Crippen molar-refractivity contribution in [2.24, 2.45) is 0 Å². The first-order valence-electron chi connectivity index (χ1n) is 10.7. The fraction of sp³-hybridized carbons (Fsp3) is 0.0741. The van der Waals surface area contributed by atoms with Gasteiger partial charge in [0.05, 0.1) is 12.2 Å². The van der Waals surface area contributed by atoms with Crippen molar-refractivity contribution in [2.45, 2.75) is 6.54 Å². The molecule has 0 radical (unpaired) electrons. The Kier molecular flexibility index (Phi) is 5.78. The molecule has 3 aromatic carbocycles. The van der Waals surface area contributed by atoms with Gasteiger partial charge >= 0.3 is 0 Å². The average Bonchev–Trinajstić information content (AvgIpc) is 3.50. The largest absolute Gasteiger partial charge is 0.454 e. The highest BCUT2D eigenvalue weighted by Crippen LogP contribution is 2.34. The highest BCUT2D eigenvalue weighted by Gasteiger charge is 2.17. The number of nitriles is 1. The molecule has 0 bridgehead atoms. The van der Waals surface area contributed by atoms with Crippen LogP contribution in [0.3, 0.4) is 0 Å². The highest BCUT2D eigenvalue weighted by molar-refractivity contribution is 6.10. The zero-order valence-electron chi connectivity index (χ0n) is 18.1. The maximum Gasteiger partial charge on any atom is 0.266 e. The van der Waals surface area contributed by atoms with Crippen LogP contribution in [-0.2, 0) is 11.3 Å². The summed E-state index contributed by atoms with van der Waals surface area (Å²) in [7, 11) is 0. The van der Waals surface area contributed by atoms with E-state index in [0.717, 1.165) is 11.1 Å². The van der Waals surface area contributed by atoms with Crippen LogP contribution in [-0.4, -0.2) is 22.5 Å². The molecule has 0 saturated carbocycles. The van der Waals surface area contributed by atoms with E-state index in [0.29, 0.717) is 35.0 Å². The Morgan fingerprint density at radius 3 is 2.53 bits per heavy atom. The van der Waals surface area contributed by atoms with Crippen molar-refractivity contribution in [2.75, 3.05) is 12.1 Å². The summed E-state index contributed by atoms with van der Waals surface area (Å²) in [5.41, 5.74) is 3.85. The smallest absolute Gasteiger partial charge is 0.266 e. The fourth-order valence-corrected chi connectivity index (χ4v) is 3.69. The molecule has 0 aliphatic carbocycles. The van der Waals surface area contributed by atoms with E-state index >= 15 is 0 Å². The van der Waals surface area contributed by atoms with Crippen molar-refractivity contribution >= 4 is 17.7 Å². The van der Waals surface area contributed by atoms with Crippen molar-refractivity contribution in [3.63, 3.8) is 0 Å². The molecule has 1 N–H and O–H groups in total. The Morgan fingerprint density at radius 1 is 1.03 bits per heavy atom. The van der Waals surface area contributed by atoms with Crippen LogP contribution in [0.1, 0.15) is 11.1 Å². The number of anilines is 1. The van der Waals surface area contributed by atoms with Crippen LogP contribution >= 0.6 is 0 Å². The number of hydrogen-bond acceptors (Lipinski definition) is 5. The number of benzene rings is 3. The van der Waals surface area contributed by atoms with Gasteiger partial charge in [-0.3, -0.25) is 9.48 Å². The number of ether oxygens (including phenoxy) is 2. The minimum atomic E-state index is -0.517. The quantitative estimate of drug-likeness (QED) is 0.336. The number of fused-ring (bicyclic) bond motifs is 1. The lowest BCUT2D eigenvalue weighted by molar-refractivity contribution is -0.112. The first-order valence-corrected chi connectivity index (χ1v) is 10.7. The minimum Gasteiger partial charge on any atom is -0.454 e. The number of nitrogens with zero attached hydrogens (tertiary/aromatic N) is 3. The molecule has 1 aliphatic heterocycles. The molecule has 166 valence electrons. The van der Waals surface area contributed by atoms with Gasteiger partial charge in [0.15, 0.2) is 11.5 Å². The lowest BCUT2D eigenvalue weighted by atomic mass is 10.1. The van der Waals surface area contributed by atoms with Crippen LogP contribution in [0.4, 0.5) is 5.69 Å². The Bertz CT molecular complexity index is 1400. The van der Waals surface area contributed by atoms with Gasteiger partial charge in [-0.25, -0.2) is 0 Å². The van der Waals surface area contributed by atoms with E-state index in [4.69, 9.17) is 14.6 Å². The number of hydrogen-bond donors (Lipinski definition) is 1.